The maximum Gasteiger partial charge on any atom is 0.356 e. The zero-order chi connectivity index (χ0) is 22.0. The molecule has 2 aliphatic rings. The molecule has 2 aliphatic carbocycles. The van der Waals surface area contributed by atoms with E-state index in [-0.39, 0.29) is 41.4 Å². The fraction of sp³-hybridized carbons (Fsp3) is 0.455. The molecule has 1 aromatic carbocycles. The molecule has 2 aromatic rings. The molecule has 164 valence electrons. The number of nitrogens with zero attached hydrogens (tertiary/aromatic N) is 2. The van der Waals surface area contributed by atoms with Crippen LogP contribution >= 0.6 is 0 Å². The van der Waals surface area contributed by atoms with Crippen LogP contribution in [-0.4, -0.2) is 51.3 Å². The van der Waals surface area contributed by atoms with Gasteiger partial charge in [-0.05, 0) is 44.7 Å². The lowest BCUT2D eigenvalue weighted by molar-refractivity contribution is -0.123. The molecule has 3 N–H and O–H groups in total. The Bertz CT molecular complexity index is 991. The predicted molar refractivity (Wildman–Crippen MR) is 112 cm³/mol. The molecule has 0 saturated heterocycles. The minimum absolute atomic E-state index is 0.0359. The van der Waals surface area contributed by atoms with Crippen LogP contribution in [0.4, 0.5) is 5.69 Å². The molecule has 9 nitrogen and oxygen atoms in total. The van der Waals surface area contributed by atoms with Crippen molar-refractivity contribution < 1.29 is 24.2 Å². The van der Waals surface area contributed by atoms with E-state index in [0.717, 1.165) is 25.7 Å². The van der Waals surface area contributed by atoms with Gasteiger partial charge in [0.1, 0.15) is 17.0 Å². The molecule has 1 heterocycles. The van der Waals surface area contributed by atoms with E-state index in [1.165, 1.54) is 17.0 Å². The normalized spacial score (nSPS) is 17.2. The van der Waals surface area contributed by atoms with Gasteiger partial charge in [-0.25, -0.2) is 4.79 Å². The highest BCUT2D eigenvalue weighted by Crippen LogP contribution is 2.47. The number of carbonyl (C=O) groups excluding carboxylic acids is 3. The second-order valence-electron chi connectivity index (χ2n) is 8.00. The molecule has 0 atom stereocenters. The van der Waals surface area contributed by atoms with Crippen molar-refractivity contribution >= 4 is 23.5 Å². The Hall–Kier alpha value is -3.36. The lowest BCUT2D eigenvalue weighted by Crippen LogP contribution is -2.54. The van der Waals surface area contributed by atoms with Crippen molar-refractivity contribution in [3.05, 3.63) is 41.7 Å². The number of para-hydroxylation sites is 2. The summed E-state index contributed by atoms with van der Waals surface area (Å²) in [6, 6.07) is 7.80. The second kappa shape index (κ2) is 8.41. The van der Waals surface area contributed by atoms with Crippen molar-refractivity contribution in [3.63, 3.8) is 0 Å². The Morgan fingerprint density at radius 2 is 1.97 bits per heavy atom. The molecule has 2 amide bonds. The van der Waals surface area contributed by atoms with Gasteiger partial charge in [0.15, 0.2) is 5.69 Å². The smallest absolute Gasteiger partial charge is 0.356 e. The zero-order valence-electron chi connectivity index (χ0n) is 17.4. The van der Waals surface area contributed by atoms with Crippen molar-refractivity contribution in [1.82, 2.24) is 15.5 Å². The van der Waals surface area contributed by atoms with E-state index < -0.39 is 17.4 Å². The van der Waals surface area contributed by atoms with Gasteiger partial charge in [-0.1, -0.05) is 25.0 Å². The number of rotatable bonds is 7. The van der Waals surface area contributed by atoms with Crippen LogP contribution in [0, 0.1) is 0 Å². The van der Waals surface area contributed by atoms with E-state index in [4.69, 9.17) is 4.74 Å². The SMILES string of the molecule is CCOC(=O)c1cc(C(=O)N(c2ccccc2O)C2(C(=O)NC3CCCC3)CC2)n[nH]1. The van der Waals surface area contributed by atoms with Crippen LogP contribution in [0.1, 0.15) is 66.4 Å². The summed E-state index contributed by atoms with van der Waals surface area (Å²) < 4.78 is 4.94. The van der Waals surface area contributed by atoms with Gasteiger partial charge in [0.05, 0.1) is 12.3 Å². The topological polar surface area (TPSA) is 125 Å². The Balaban J connectivity index is 1.67. The molecule has 31 heavy (non-hydrogen) atoms. The number of nitrogens with one attached hydrogen (secondary N) is 2. The first kappa shape index (κ1) is 20.9. The van der Waals surface area contributed by atoms with Crippen LogP contribution in [0.25, 0.3) is 0 Å². The standard InChI is InChI=1S/C22H26N4O5/c1-2-31-20(29)16-13-15(24-25-16)19(28)26(17-9-5-6-10-18(17)27)22(11-12-22)21(30)23-14-7-3-4-8-14/h5-6,9-10,13-14,27H,2-4,7-8,11-12H2,1H3,(H,23,30)(H,24,25). The van der Waals surface area contributed by atoms with E-state index >= 15 is 0 Å². The molecule has 1 aromatic heterocycles. The van der Waals surface area contributed by atoms with Gasteiger partial charge in [-0.3, -0.25) is 19.6 Å². The molecule has 2 saturated carbocycles. The fourth-order valence-electron chi connectivity index (χ4n) is 4.11. The largest absolute Gasteiger partial charge is 0.506 e. The Labute approximate surface area is 179 Å². The number of aromatic hydroxyl groups is 1. The number of amides is 2. The summed E-state index contributed by atoms with van der Waals surface area (Å²) in [7, 11) is 0. The van der Waals surface area contributed by atoms with Gasteiger partial charge in [-0.15, -0.1) is 0 Å². The zero-order valence-corrected chi connectivity index (χ0v) is 17.4. The van der Waals surface area contributed by atoms with Crippen molar-refractivity contribution in [1.29, 1.82) is 0 Å². The van der Waals surface area contributed by atoms with Gasteiger partial charge >= 0.3 is 5.97 Å². The quantitative estimate of drug-likeness (QED) is 0.585. The first-order chi connectivity index (χ1) is 15.0. The Morgan fingerprint density at radius 3 is 2.61 bits per heavy atom. The number of H-pyrrole nitrogens is 1. The van der Waals surface area contributed by atoms with Crippen molar-refractivity contribution in [2.75, 3.05) is 11.5 Å². The lowest BCUT2D eigenvalue weighted by Gasteiger charge is -2.32. The Kier molecular flexibility index (Phi) is 5.67. The van der Waals surface area contributed by atoms with Gasteiger partial charge < -0.3 is 15.2 Å². The third-order valence-electron chi connectivity index (χ3n) is 5.88. The number of hydrogen-bond acceptors (Lipinski definition) is 6. The highest BCUT2D eigenvalue weighted by molar-refractivity contribution is 6.13. The molecule has 0 spiro atoms. The first-order valence-corrected chi connectivity index (χ1v) is 10.6. The minimum Gasteiger partial charge on any atom is -0.506 e. The Morgan fingerprint density at radius 1 is 1.26 bits per heavy atom. The highest BCUT2D eigenvalue weighted by Gasteiger charge is 2.58. The number of phenolic OH excluding ortho intramolecular Hbond substituents is 1. The monoisotopic (exact) mass is 426 g/mol. The summed E-state index contributed by atoms with van der Waals surface area (Å²) >= 11 is 0. The number of carbonyl (C=O) groups is 3. The van der Waals surface area contributed by atoms with Crippen LogP contribution in [0.2, 0.25) is 0 Å². The second-order valence-corrected chi connectivity index (χ2v) is 8.00. The number of hydrogen-bond donors (Lipinski definition) is 3. The summed E-state index contributed by atoms with van der Waals surface area (Å²) in [5.41, 5.74) is -0.858. The molecule has 0 aliphatic heterocycles. The third kappa shape index (κ3) is 3.99. The van der Waals surface area contributed by atoms with E-state index in [2.05, 4.69) is 15.5 Å². The fourth-order valence-corrected chi connectivity index (χ4v) is 4.11. The summed E-state index contributed by atoms with van der Waals surface area (Å²) in [6.07, 6.45) is 4.94. The number of benzene rings is 1. The number of ether oxygens (including phenoxy) is 1. The maximum absolute atomic E-state index is 13.5. The molecule has 0 unspecified atom stereocenters. The van der Waals surface area contributed by atoms with Gasteiger partial charge in [0, 0.05) is 12.1 Å². The van der Waals surface area contributed by atoms with E-state index in [1.54, 1.807) is 25.1 Å². The van der Waals surface area contributed by atoms with E-state index in [0.29, 0.717) is 12.8 Å². The molecule has 9 heteroatoms. The van der Waals surface area contributed by atoms with Gasteiger partial charge in [0.2, 0.25) is 5.91 Å². The summed E-state index contributed by atoms with van der Waals surface area (Å²) in [5, 5.41) is 20.0. The van der Waals surface area contributed by atoms with Crippen LogP contribution in [0.5, 0.6) is 5.75 Å². The van der Waals surface area contributed by atoms with Gasteiger partial charge in [-0.2, -0.15) is 5.10 Å². The highest BCUT2D eigenvalue weighted by atomic mass is 16.5. The van der Waals surface area contributed by atoms with Crippen LogP contribution < -0.4 is 10.2 Å². The minimum atomic E-state index is -1.10. The predicted octanol–water partition coefficient (Wildman–Crippen LogP) is 2.53. The van der Waals surface area contributed by atoms with Crippen LogP contribution in [0.15, 0.2) is 30.3 Å². The average Bonchev–Trinajstić information content (AvgIpc) is 3.15. The summed E-state index contributed by atoms with van der Waals surface area (Å²) in [6.45, 7) is 1.87. The van der Waals surface area contributed by atoms with Crippen molar-refractivity contribution in [2.45, 2.75) is 57.0 Å². The molecule has 0 radical (unpaired) electrons. The van der Waals surface area contributed by atoms with Crippen molar-refractivity contribution in [2.24, 2.45) is 0 Å². The van der Waals surface area contributed by atoms with Crippen LogP contribution in [0.3, 0.4) is 0 Å². The molecular formula is C22H26N4O5. The van der Waals surface area contributed by atoms with E-state index in [1.807, 2.05) is 0 Å². The van der Waals surface area contributed by atoms with Gasteiger partial charge in [0.25, 0.3) is 5.91 Å². The third-order valence-corrected chi connectivity index (χ3v) is 5.88. The number of esters is 1. The first-order valence-electron chi connectivity index (χ1n) is 10.6. The average molecular weight is 426 g/mol. The molecule has 4 rings (SSSR count). The number of phenols is 1. The lowest BCUT2D eigenvalue weighted by atomic mass is 10.1. The van der Waals surface area contributed by atoms with Crippen LogP contribution in [-0.2, 0) is 9.53 Å². The summed E-state index contributed by atoms with van der Waals surface area (Å²) in [4.78, 5) is 40.1. The summed E-state index contributed by atoms with van der Waals surface area (Å²) in [5.74, 6) is -1.54. The number of aromatic nitrogens is 2. The molecule has 2 fully saturated rings. The maximum atomic E-state index is 13.5. The number of aromatic amines is 1. The molecular weight excluding hydrogens is 400 g/mol. The van der Waals surface area contributed by atoms with E-state index in [9.17, 15) is 19.5 Å². The number of anilines is 1. The van der Waals surface area contributed by atoms with Crippen molar-refractivity contribution in [3.8, 4) is 5.75 Å². The molecule has 0 bridgehead atoms.